The van der Waals surface area contributed by atoms with Crippen molar-refractivity contribution in [2.45, 2.75) is 39.7 Å². The highest BCUT2D eigenvalue weighted by molar-refractivity contribution is 7.09. The minimum Gasteiger partial charge on any atom is -0.439 e. The van der Waals surface area contributed by atoms with E-state index in [9.17, 15) is 0 Å². The van der Waals surface area contributed by atoms with Crippen LogP contribution in [0.2, 0.25) is 0 Å². The molecule has 0 atom stereocenters. The number of hydrogen-bond acceptors (Lipinski definition) is 5. The largest absolute Gasteiger partial charge is 0.439 e. The van der Waals surface area contributed by atoms with Crippen molar-refractivity contribution in [3.8, 4) is 11.5 Å². The lowest BCUT2D eigenvalue weighted by molar-refractivity contribution is 0.483. The molecule has 0 aliphatic heterocycles. The third kappa shape index (κ3) is 3.65. The van der Waals surface area contributed by atoms with Gasteiger partial charge in [0.1, 0.15) is 5.69 Å². The molecule has 2 aromatic rings. The molecular formula is C13H19N3OS. The summed E-state index contributed by atoms with van der Waals surface area (Å²) in [6.07, 6.45) is 3.66. The molecule has 1 N–H and O–H groups in total. The first-order valence-electron chi connectivity index (χ1n) is 6.25. The summed E-state index contributed by atoms with van der Waals surface area (Å²) in [7, 11) is 0. The van der Waals surface area contributed by atoms with E-state index in [4.69, 9.17) is 4.42 Å². The van der Waals surface area contributed by atoms with Gasteiger partial charge >= 0.3 is 0 Å². The summed E-state index contributed by atoms with van der Waals surface area (Å²) >= 11 is 1.62. The number of aromatic nitrogens is 2. The lowest BCUT2D eigenvalue weighted by Crippen LogP contribution is -2.23. The average Bonchev–Trinajstić information content (AvgIpc) is 2.93. The van der Waals surface area contributed by atoms with E-state index in [1.807, 2.05) is 12.3 Å². The molecule has 0 aliphatic carbocycles. The third-order valence-electron chi connectivity index (χ3n) is 2.55. The van der Waals surface area contributed by atoms with E-state index in [1.165, 1.54) is 0 Å². The minimum atomic E-state index is 0.531. The van der Waals surface area contributed by atoms with Gasteiger partial charge in [0.25, 0.3) is 0 Å². The summed E-state index contributed by atoms with van der Waals surface area (Å²) in [6, 6.07) is 0.531. The van der Waals surface area contributed by atoms with Crippen LogP contribution in [0.25, 0.3) is 11.5 Å². The van der Waals surface area contributed by atoms with Gasteiger partial charge in [-0.25, -0.2) is 9.97 Å². The molecular weight excluding hydrogens is 246 g/mol. The zero-order valence-corrected chi connectivity index (χ0v) is 11.9. The first kappa shape index (κ1) is 13.2. The summed E-state index contributed by atoms with van der Waals surface area (Å²) in [5, 5.41) is 6.42. The monoisotopic (exact) mass is 265 g/mol. The van der Waals surface area contributed by atoms with Crippen LogP contribution in [0.4, 0.5) is 0 Å². The highest BCUT2D eigenvalue weighted by atomic mass is 32.1. The Kier molecular flexibility index (Phi) is 4.49. The van der Waals surface area contributed by atoms with E-state index in [-0.39, 0.29) is 0 Å². The molecule has 0 unspecified atom stereocenters. The van der Waals surface area contributed by atoms with Crippen molar-refractivity contribution in [1.29, 1.82) is 0 Å². The fraction of sp³-hybridized carbons (Fsp3) is 0.538. The van der Waals surface area contributed by atoms with Gasteiger partial charge in [0.15, 0.2) is 11.7 Å². The van der Waals surface area contributed by atoms with Crippen LogP contribution in [0, 0.1) is 6.92 Å². The Morgan fingerprint density at radius 1 is 1.44 bits per heavy atom. The average molecular weight is 265 g/mol. The Balaban J connectivity index is 1.86. The molecule has 98 valence electrons. The summed E-state index contributed by atoms with van der Waals surface area (Å²) in [6.45, 7) is 7.27. The van der Waals surface area contributed by atoms with Crippen LogP contribution < -0.4 is 5.32 Å². The first-order valence-corrected chi connectivity index (χ1v) is 7.13. The van der Waals surface area contributed by atoms with Gasteiger partial charge in [0.2, 0.25) is 0 Å². The quantitative estimate of drug-likeness (QED) is 0.816. The normalized spacial score (nSPS) is 11.3. The van der Waals surface area contributed by atoms with Gasteiger partial charge in [-0.05, 0) is 19.9 Å². The summed E-state index contributed by atoms with van der Waals surface area (Å²) in [5.74, 6) is 1.56. The molecule has 0 aliphatic rings. The summed E-state index contributed by atoms with van der Waals surface area (Å²) < 4.78 is 5.70. The van der Waals surface area contributed by atoms with E-state index < -0.39 is 0 Å². The van der Waals surface area contributed by atoms with Crippen LogP contribution in [0.1, 0.15) is 31.2 Å². The Bertz CT molecular complexity index is 490. The zero-order chi connectivity index (χ0) is 13.0. The number of rotatable bonds is 6. The fourth-order valence-corrected chi connectivity index (χ4v) is 2.25. The van der Waals surface area contributed by atoms with E-state index in [2.05, 4.69) is 29.1 Å². The molecule has 0 amide bonds. The molecule has 4 nitrogen and oxygen atoms in total. The highest BCUT2D eigenvalue weighted by Gasteiger charge is 2.08. The van der Waals surface area contributed by atoms with Crippen molar-refractivity contribution in [1.82, 2.24) is 15.3 Å². The van der Waals surface area contributed by atoms with Gasteiger partial charge < -0.3 is 9.73 Å². The van der Waals surface area contributed by atoms with Gasteiger partial charge in [0, 0.05) is 17.8 Å². The van der Waals surface area contributed by atoms with Gasteiger partial charge in [-0.15, -0.1) is 11.3 Å². The SMILES string of the molecule is Cc1nc(-c2cnc(CCCNC(C)C)o2)cs1. The van der Waals surface area contributed by atoms with Crippen LogP contribution in [0.3, 0.4) is 0 Å². The van der Waals surface area contributed by atoms with Crippen molar-refractivity contribution in [2.24, 2.45) is 0 Å². The highest BCUT2D eigenvalue weighted by Crippen LogP contribution is 2.22. The molecule has 5 heteroatoms. The Morgan fingerprint density at radius 2 is 2.28 bits per heavy atom. The number of hydrogen-bond donors (Lipinski definition) is 1. The van der Waals surface area contributed by atoms with Crippen LogP contribution >= 0.6 is 11.3 Å². The van der Waals surface area contributed by atoms with Crippen molar-refractivity contribution in [3.05, 3.63) is 22.5 Å². The number of nitrogens with zero attached hydrogens (tertiary/aromatic N) is 2. The minimum absolute atomic E-state index is 0.531. The number of nitrogens with one attached hydrogen (secondary N) is 1. The summed E-state index contributed by atoms with van der Waals surface area (Å²) in [4.78, 5) is 8.68. The fourth-order valence-electron chi connectivity index (χ4n) is 1.65. The molecule has 0 bridgehead atoms. The molecule has 18 heavy (non-hydrogen) atoms. The van der Waals surface area contributed by atoms with Crippen molar-refractivity contribution in [3.63, 3.8) is 0 Å². The Labute approximate surface area is 111 Å². The Morgan fingerprint density at radius 3 is 2.94 bits per heavy atom. The molecule has 2 rings (SSSR count). The molecule has 0 saturated heterocycles. The van der Waals surface area contributed by atoms with Crippen LogP contribution in [-0.2, 0) is 6.42 Å². The maximum Gasteiger partial charge on any atom is 0.195 e. The zero-order valence-electron chi connectivity index (χ0n) is 11.1. The molecule has 0 saturated carbocycles. The van der Waals surface area contributed by atoms with Gasteiger partial charge in [-0.2, -0.15) is 0 Å². The van der Waals surface area contributed by atoms with Crippen LogP contribution in [-0.4, -0.2) is 22.6 Å². The first-order chi connectivity index (χ1) is 8.65. The summed E-state index contributed by atoms with van der Waals surface area (Å²) in [5.41, 5.74) is 0.886. The smallest absolute Gasteiger partial charge is 0.195 e. The molecule has 0 fully saturated rings. The third-order valence-corrected chi connectivity index (χ3v) is 3.32. The van der Waals surface area contributed by atoms with E-state index in [0.717, 1.165) is 41.7 Å². The predicted octanol–water partition coefficient (Wildman–Crippen LogP) is 3.04. The van der Waals surface area contributed by atoms with Gasteiger partial charge in [-0.3, -0.25) is 0 Å². The standard InChI is InChI=1S/C13H19N3OS/c1-9(2)14-6-4-5-13-15-7-12(17-13)11-8-18-10(3)16-11/h7-9,14H,4-6H2,1-3H3. The van der Waals surface area contributed by atoms with E-state index in [0.29, 0.717) is 6.04 Å². The Hall–Kier alpha value is -1.20. The van der Waals surface area contributed by atoms with Crippen molar-refractivity contribution < 1.29 is 4.42 Å². The second kappa shape index (κ2) is 6.11. The lowest BCUT2D eigenvalue weighted by Gasteiger charge is -2.05. The second-order valence-electron chi connectivity index (χ2n) is 4.58. The lowest BCUT2D eigenvalue weighted by atomic mass is 10.3. The number of oxazole rings is 1. The van der Waals surface area contributed by atoms with Gasteiger partial charge in [0.05, 0.1) is 11.2 Å². The van der Waals surface area contributed by atoms with Crippen LogP contribution in [0.15, 0.2) is 16.0 Å². The van der Waals surface area contributed by atoms with Crippen LogP contribution in [0.5, 0.6) is 0 Å². The maximum absolute atomic E-state index is 5.70. The topological polar surface area (TPSA) is 51.0 Å². The number of thiazole rings is 1. The van der Waals surface area contributed by atoms with Gasteiger partial charge in [-0.1, -0.05) is 13.8 Å². The molecule has 0 spiro atoms. The van der Waals surface area contributed by atoms with E-state index >= 15 is 0 Å². The maximum atomic E-state index is 5.70. The molecule has 0 aromatic carbocycles. The van der Waals surface area contributed by atoms with Crippen molar-refractivity contribution >= 4 is 11.3 Å². The molecule has 2 aromatic heterocycles. The van der Waals surface area contributed by atoms with E-state index in [1.54, 1.807) is 17.5 Å². The second-order valence-corrected chi connectivity index (χ2v) is 5.64. The number of aryl methyl sites for hydroxylation is 2. The molecule has 0 radical (unpaired) electrons. The molecule has 2 heterocycles. The predicted molar refractivity (Wildman–Crippen MR) is 73.8 cm³/mol. The van der Waals surface area contributed by atoms with Crippen molar-refractivity contribution in [2.75, 3.05) is 6.54 Å².